The van der Waals surface area contributed by atoms with Crippen molar-refractivity contribution in [3.05, 3.63) is 0 Å². The Hall–Kier alpha value is -0.600. The minimum Gasteiger partial charge on any atom is -0.862 e. The van der Waals surface area contributed by atoms with Gasteiger partial charge in [0.2, 0.25) is 10.8 Å². The molecular weight excluding hydrogens is 531 g/mol. The van der Waals surface area contributed by atoms with Crippen molar-refractivity contribution in [2.24, 2.45) is 4.99 Å². The largest absolute Gasteiger partial charge is 1.00 e. The van der Waals surface area contributed by atoms with Crippen LogP contribution >= 0.6 is 11.8 Å². The molecule has 1 amide bonds. The predicted molar refractivity (Wildman–Crippen MR) is 120 cm³/mol. The van der Waals surface area contributed by atoms with Gasteiger partial charge in [-0.2, -0.15) is 0 Å². The van der Waals surface area contributed by atoms with E-state index in [1.165, 1.54) is 14.0 Å². The Morgan fingerprint density at radius 1 is 1.24 bits per heavy atom. The molecule has 0 bridgehead atoms. The van der Waals surface area contributed by atoms with E-state index in [-0.39, 0.29) is 35.3 Å². The van der Waals surface area contributed by atoms with Crippen LogP contribution in [0.5, 0.6) is 0 Å². The van der Waals surface area contributed by atoms with Crippen molar-refractivity contribution in [2.45, 2.75) is 86.3 Å². The number of nitrogens with zero attached hydrogens (tertiary/aromatic N) is 1. The smallest absolute Gasteiger partial charge is 0.862 e. The molecule has 37 heavy (non-hydrogen) atoms. The van der Waals surface area contributed by atoms with E-state index in [2.05, 4.69) is 10.3 Å². The first kappa shape index (κ1) is 34.4. The molecule has 0 aromatic carbocycles. The summed E-state index contributed by atoms with van der Waals surface area (Å²) in [5.41, 5.74) is 0. The molecule has 0 aromatic heterocycles. The van der Waals surface area contributed by atoms with Gasteiger partial charge in [0.05, 0.1) is 18.8 Å². The van der Waals surface area contributed by atoms with E-state index in [4.69, 9.17) is 14.2 Å². The number of aliphatic carboxylic acids is 1. The number of amides is 1. The van der Waals surface area contributed by atoms with E-state index in [1.54, 1.807) is 0 Å². The fraction of sp³-hybridized carbons (Fsp3) is 0.850. The van der Waals surface area contributed by atoms with Gasteiger partial charge in [-0.05, 0) is 12.8 Å². The van der Waals surface area contributed by atoms with Crippen LogP contribution in [-0.4, -0.2) is 139 Å². The molecule has 2 saturated heterocycles. The number of carboxylic acid groups (broad SMARTS) is 1. The summed E-state index contributed by atoms with van der Waals surface area (Å²) in [5, 5.41) is 85.2. The van der Waals surface area contributed by atoms with Crippen LogP contribution in [-0.2, 0) is 23.8 Å². The molecular formula is C20H33N2NaO13S. The Morgan fingerprint density at radius 2 is 1.86 bits per heavy atom. The number of hydrogen-bond acceptors (Lipinski definition) is 14. The van der Waals surface area contributed by atoms with Crippen molar-refractivity contribution in [2.75, 3.05) is 19.5 Å². The van der Waals surface area contributed by atoms with Crippen LogP contribution in [0.15, 0.2) is 4.99 Å². The Labute approximate surface area is 239 Å². The third kappa shape index (κ3) is 8.20. The zero-order valence-electron chi connectivity index (χ0n) is 20.8. The van der Waals surface area contributed by atoms with Crippen LogP contribution in [0.3, 0.4) is 0 Å². The number of carboxylic acids is 1. The van der Waals surface area contributed by atoms with Gasteiger partial charge in [-0.15, -0.1) is 11.8 Å². The molecule has 0 spiro atoms. The number of thioether (sulfide) groups is 1. The second kappa shape index (κ2) is 14.7. The van der Waals surface area contributed by atoms with Crippen LogP contribution in [0.4, 0.5) is 0 Å². The third-order valence-corrected chi connectivity index (χ3v) is 7.29. The zero-order chi connectivity index (χ0) is 27.4. The van der Waals surface area contributed by atoms with Gasteiger partial charge < -0.3 is 60.4 Å². The van der Waals surface area contributed by atoms with Gasteiger partial charge in [-0.1, -0.05) is 0 Å². The first-order valence-electron chi connectivity index (χ1n) is 11.0. The monoisotopic (exact) mass is 564 g/mol. The minimum atomic E-state index is -2.27. The number of hydrogen-bond donors (Lipinski definition) is 8. The third-order valence-electron chi connectivity index (χ3n) is 5.89. The predicted octanol–water partition coefficient (Wildman–Crippen LogP) is -7.89. The number of nitrogens with one attached hydrogen (secondary N) is 1. The maximum absolute atomic E-state index is 12.3. The molecule has 0 aliphatic carbocycles. The van der Waals surface area contributed by atoms with Crippen molar-refractivity contribution >= 4 is 29.5 Å². The number of aliphatic hydroxyl groups is 6. The van der Waals surface area contributed by atoms with Gasteiger partial charge in [0, 0.05) is 26.2 Å². The summed E-state index contributed by atoms with van der Waals surface area (Å²) in [4.78, 5) is 25.1. The van der Waals surface area contributed by atoms with E-state index < -0.39 is 96.8 Å². The van der Waals surface area contributed by atoms with Crippen molar-refractivity contribution in [3.8, 4) is 0 Å². The fourth-order valence-electron chi connectivity index (χ4n) is 4.09. The maximum atomic E-state index is 12.3. The van der Waals surface area contributed by atoms with Gasteiger partial charge in [0.25, 0.3) is 0 Å². The van der Waals surface area contributed by atoms with Gasteiger partial charge in [0.1, 0.15) is 42.6 Å². The molecule has 17 heteroatoms. The molecule has 2 heterocycles. The number of methoxy groups -OCH3 is 1. The number of aliphatic imine (C=N–C) groups is 1. The molecule has 0 saturated carbocycles. The summed E-state index contributed by atoms with van der Waals surface area (Å²) in [6, 6.07) is -2.56. The normalized spacial score (nSPS) is 38.2. The maximum Gasteiger partial charge on any atom is 1.00 e. The van der Waals surface area contributed by atoms with Gasteiger partial charge in [0.15, 0.2) is 6.29 Å². The standard InChI is InChI=1S/C20H34N2O13S.Na/c1-7(24)21-12-9(26)4-20(19(31)32,35-17(12)14(28)10(27)5-23)36-6-11-15(29)16(30)13(22-8(2)25)18(33-3)34-11;/h9-18,23,26-30H,4-6H2,1-3H3,(H,21,24)(H,22,25)(H,31,32);/q;+1/p-1/t9-,10+,11+,12+,13+,14+,15+,16+,17+,18-,20-;/m0./s1. The molecule has 11 atom stereocenters. The van der Waals surface area contributed by atoms with E-state index in [1.807, 2.05) is 0 Å². The van der Waals surface area contributed by atoms with E-state index in [9.17, 15) is 50.4 Å². The van der Waals surface area contributed by atoms with E-state index in [0.717, 1.165) is 6.92 Å². The van der Waals surface area contributed by atoms with Gasteiger partial charge in [-0.25, -0.2) is 4.79 Å². The second-order valence-electron chi connectivity index (χ2n) is 8.59. The molecule has 208 valence electrons. The summed E-state index contributed by atoms with van der Waals surface area (Å²) < 4.78 is 16.4. The molecule has 8 N–H and O–H groups in total. The number of carbonyl (C=O) groups is 2. The molecule has 2 rings (SSSR count). The Bertz CT molecular complexity index is 804. The van der Waals surface area contributed by atoms with Gasteiger partial charge in [-0.3, -0.25) is 9.79 Å². The molecule has 0 unspecified atom stereocenters. The Morgan fingerprint density at radius 3 is 2.35 bits per heavy atom. The van der Waals surface area contributed by atoms with Crippen LogP contribution in [0.1, 0.15) is 20.3 Å². The SMILES string of the molecule is CO[C@H]1O[C@H](CS[C@]2(C(=O)O)C[C@H](O)[C@@H](N=C(C)[O-])[C@H]([C@H](O)[C@H](O)CO)O2)[C@@H](O)[C@H](O)[C@H]1NC(C)=O.[Na+]. The van der Waals surface area contributed by atoms with Crippen LogP contribution in [0, 0.1) is 0 Å². The quantitative estimate of drug-likeness (QED) is 0.0697. The Balaban J connectivity index is 0.00000684. The summed E-state index contributed by atoms with van der Waals surface area (Å²) in [6.45, 7) is 1.34. The van der Waals surface area contributed by atoms with Crippen molar-refractivity contribution in [1.82, 2.24) is 5.32 Å². The molecule has 2 aliphatic rings. The molecule has 0 aromatic rings. The van der Waals surface area contributed by atoms with Gasteiger partial charge >= 0.3 is 35.5 Å². The number of carbonyl (C=O) groups excluding carboxylic acids is 1. The second-order valence-corrected chi connectivity index (χ2v) is 9.87. The minimum absolute atomic E-state index is 0. The van der Waals surface area contributed by atoms with Crippen molar-refractivity contribution < 1.29 is 94.2 Å². The molecule has 0 radical (unpaired) electrons. The van der Waals surface area contributed by atoms with Crippen LogP contribution in [0.2, 0.25) is 0 Å². The van der Waals surface area contributed by atoms with E-state index >= 15 is 0 Å². The average molecular weight is 565 g/mol. The van der Waals surface area contributed by atoms with Crippen LogP contribution < -0.4 is 40.0 Å². The number of aliphatic hydroxyl groups excluding tert-OH is 6. The average Bonchev–Trinajstić information content (AvgIpc) is 2.81. The number of rotatable bonds is 10. The molecule has 2 fully saturated rings. The summed E-state index contributed by atoms with van der Waals surface area (Å²) >= 11 is 0.555. The topological polar surface area (TPSA) is 251 Å². The summed E-state index contributed by atoms with van der Waals surface area (Å²) in [6.07, 6.45) is -13.2. The molecule has 2 aliphatic heterocycles. The number of ether oxygens (including phenoxy) is 3. The molecule has 15 nitrogen and oxygen atoms in total. The van der Waals surface area contributed by atoms with Crippen molar-refractivity contribution in [1.29, 1.82) is 0 Å². The fourth-order valence-corrected chi connectivity index (χ4v) is 5.39. The first-order chi connectivity index (χ1) is 16.8. The zero-order valence-corrected chi connectivity index (χ0v) is 23.6. The Kier molecular flexibility index (Phi) is 13.7. The first-order valence-corrected chi connectivity index (χ1v) is 12.0. The summed E-state index contributed by atoms with van der Waals surface area (Å²) in [7, 11) is 1.24. The van der Waals surface area contributed by atoms with Crippen molar-refractivity contribution in [3.63, 3.8) is 0 Å². The van der Waals surface area contributed by atoms with Crippen LogP contribution in [0.25, 0.3) is 0 Å². The summed E-state index contributed by atoms with van der Waals surface area (Å²) in [5.74, 6) is -3.18. The van der Waals surface area contributed by atoms with E-state index in [0.29, 0.717) is 11.8 Å².